The first-order valence-corrected chi connectivity index (χ1v) is 22.0. The summed E-state index contributed by atoms with van der Waals surface area (Å²) in [6.07, 6.45) is 4.86. The molecule has 3 N–H and O–H groups in total. The van der Waals surface area contributed by atoms with Crippen molar-refractivity contribution in [2.24, 2.45) is 5.92 Å². The van der Waals surface area contributed by atoms with Crippen LogP contribution in [0.2, 0.25) is 0 Å². The van der Waals surface area contributed by atoms with Crippen molar-refractivity contribution in [2.75, 3.05) is 25.2 Å². The zero-order valence-electron chi connectivity index (χ0n) is 32.5. The maximum atomic E-state index is 14.6. The monoisotopic (exact) mass is 819 g/mol. The fourth-order valence-corrected chi connectivity index (χ4v) is 9.63. The van der Waals surface area contributed by atoms with Gasteiger partial charge in [0.15, 0.2) is 0 Å². The molecular formula is C41H49N5O9S2. The van der Waals surface area contributed by atoms with Gasteiger partial charge in [0, 0.05) is 29.0 Å². The topological polar surface area (TPSA) is 182 Å². The Morgan fingerprint density at radius 3 is 2.56 bits per heavy atom. The molecule has 304 valence electrons. The average molecular weight is 820 g/mol. The van der Waals surface area contributed by atoms with Crippen molar-refractivity contribution < 1.29 is 41.8 Å². The van der Waals surface area contributed by atoms with E-state index in [9.17, 15) is 27.6 Å². The number of nitrogens with one attached hydrogen (secondary N) is 3. The van der Waals surface area contributed by atoms with E-state index in [2.05, 4.69) is 15.4 Å². The number of ether oxygens (including phenoxy) is 3. The largest absolute Gasteiger partial charge is 0.497 e. The minimum absolute atomic E-state index is 0.0251. The maximum Gasteiger partial charge on any atom is 0.408 e. The third-order valence-corrected chi connectivity index (χ3v) is 13.4. The smallest absolute Gasteiger partial charge is 0.408 e. The molecular weight excluding hydrogens is 771 g/mol. The Bertz CT molecular complexity index is 2170. The van der Waals surface area contributed by atoms with Crippen LogP contribution in [-0.2, 0) is 29.1 Å². The molecule has 4 aliphatic rings. The Morgan fingerprint density at radius 1 is 1.07 bits per heavy atom. The summed E-state index contributed by atoms with van der Waals surface area (Å²) in [7, 11) is -2.32. The molecule has 1 saturated heterocycles. The second kappa shape index (κ2) is 16.2. The number of hydrogen-bond donors (Lipinski definition) is 3. The van der Waals surface area contributed by atoms with Crippen molar-refractivity contribution >= 4 is 56.4 Å². The van der Waals surface area contributed by atoms with Crippen molar-refractivity contribution in [3.63, 3.8) is 0 Å². The van der Waals surface area contributed by atoms with Crippen molar-refractivity contribution in [1.82, 2.24) is 25.2 Å². The van der Waals surface area contributed by atoms with Crippen LogP contribution in [0.5, 0.6) is 11.6 Å². The summed E-state index contributed by atoms with van der Waals surface area (Å²) in [4.78, 5) is 62.3. The Morgan fingerprint density at radius 2 is 1.84 bits per heavy atom. The van der Waals surface area contributed by atoms with E-state index >= 15 is 0 Å². The van der Waals surface area contributed by atoms with Gasteiger partial charge in [-0.15, -0.1) is 0 Å². The lowest BCUT2D eigenvalue weighted by Crippen LogP contribution is -2.58. The van der Waals surface area contributed by atoms with E-state index in [1.165, 1.54) is 16.7 Å². The minimum Gasteiger partial charge on any atom is -0.497 e. The molecule has 1 unspecified atom stereocenters. The molecule has 57 heavy (non-hydrogen) atoms. The first kappa shape index (κ1) is 40.4. The average Bonchev–Trinajstić information content (AvgIpc) is 4.09. The second-order valence-electron chi connectivity index (χ2n) is 16.0. The fraction of sp³-hybridized carbons (Fsp3) is 0.488. The van der Waals surface area contributed by atoms with Crippen LogP contribution >= 0.6 is 11.8 Å². The van der Waals surface area contributed by atoms with Gasteiger partial charge in [-0.3, -0.25) is 19.1 Å². The molecule has 0 spiro atoms. The molecule has 2 aliphatic heterocycles. The van der Waals surface area contributed by atoms with Crippen molar-refractivity contribution in [2.45, 2.75) is 93.9 Å². The number of alkyl carbamates (subject to hydrolysis) is 1. The number of carbonyl (C=O) groups excluding carboxylic acids is 4. The summed E-state index contributed by atoms with van der Waals surface area (Å²) in [6, 6.07) is 14.9. The Labute approximate surface area is 336 Å². The number of aromatic nitrogens is 1. The predicted molar refractivity (Wildman–Crippen MR) is 216 cm³/mol. The van der Waals surface area contributed by atoms with Crippen LogP contribution in [0, 0.1) is 5.92 Å². The highest BCUT2D eigenvalue weighted by Crippen LogP contribution is 2.46. The van der Waals surface area contributed by atoms with E-state index in [0.717, 1.165) is 17.4 Å². The number of thioether (sulfide) groups is 1. The third kappa shape index (κ3) is 9.33. The van der Waals surface area contributed by atoms with Gasteiger partial charge in [-0.25, -0.2) is 18.2 Å². The molecule has 3 heterocycles. The van der Waals surface area contributed by atoms with Gasteiger partial charge in [-0.1, -0.05) is 42.5 Å². The zero-order valence-corrected chi connectivity index (χ0v) is 34.1. The number of pyridine rings is 1. The number of amides is 4. The van der Waals surface area contributed by atoms with Crippen LogP contribution in [0.4, 0.5) is 4.79 Å². The van der Waals surface area contributed by atoms with E-state index in [0.29, 0.717) is 47.7 Å². The van der Waals surface area contributed by atoms with E-state index in [1.807, 2.05) is 60.7 Å². The second-order valence-corrected chi connectivity index (χ2v) is 19.1. The number of methoxy groups -OCH3 is 1. The molecule has 0 radical (unpaired) electrons. The molecule has 1 aromatic heterocycles. The molecule has 2 saturated carbocycles. The van der Waals surface area contributed by atoms with Crippen LogP contribution < -0.4 is 24.8 Å². The van der Waals surface area contributed by atoms with Crippen LogP contribution in [0.15, 0.2) is 66.7 Å². The van der Waals surface area contributed by atoms with Crippen molar-refractivity contribution in [1.29, 1.82) is 0 Å². The van der Waals surface area contributed by atoms with Gasteiger partial charge in [0.1, 0.15) is 35.1 Å². The normalized spacial score (nSPS) is 26.1. The molecule has 3 aromatic rings. The van der Waals surface area contributed by atoms with E-state index in [1.54, 1.807) is 33.9 Å². The number of carbonyl (C=O) groups is 4. The molecule has 5 atom stereocenters. The summed E-state index contributed by atoms with van der Waals surface area (Å²) in [6.45, 7) is 5.14. The predicted octanol–water partition coefficient (Wildman–Crippen LogP) is 4.72. The van der Waals surface area contributed by atoms with Gasteiger partial charge in [-0.2, -0.15) is 11.8 Å². The summed E-state index contributed by atoms with van der Waals surface area (Å²) >= 11 is 1.49. The SMILES string of the molecule is COc1ccc2c(OC3C[C@H]4C(=O)N[C@]5(C(=O)NS(=O)(=O)C6CC6)C[C@H]5/C=C\CCCSC[C@H](NC(=O)OC(C)(C)C)C(=O)N4C3)nc(-c3ccccc3)cc2c1. The van der Waals surface area contributed by atoms with Crippen LogP contribution in [0.25, 0.3) is 22.0 Å². The first-order valence-electron chi connectivity index (χ1n) is 19.3. The van der Waals surface area contributed by atoms with Crippen molar-refractivity contribution in [3.05, 3.63) is 66.7 Å². The minimum atomic E-state index is -3.91. The number of hydrogen-bond acceptors (Lipinski definition) is 11. The Hall–Kier alpha value is -4.83. The third-order valence-electron chi connectivity index (χ3n) is 10.5. The molecule has 7 rings (SSSR count). The van der Waals surface area contributed by atoms with Gasteiger partial charge >= 0.3 is 6.09 Å². The lowest BCUT2D eigenvalue weighted by molar-refractivity contribution is -0.140. The van der Waals surface area contributed by atoms with E-state index in [-0.39, 0.29) is 25.1 Å². The van der Waals surface area contributed by atoms with E-state index in [4.69, 9.17) is 19.2 Å². The van der Waals surface area contributed by atoms with Crippen LogP contribution in [-0.4, -0.2) is 102 Å². The highest BCUT2D eigenvalue weighted by Gasteiger charge is 2.62. The van der Waals surface area contributed by atoms with Gasteiger partial charge in [0.05, 0.1) is 24.6 Å². The zero-order chi connectivity index (χ0) is 40.5. The number of sulfonamides is 1. The summed E-state index contributed by atoms with van der Waals surface area (Å²) < 4.78 is 45.7. The fourth-order valence-electron chi connectivity index (χ4n) is 7.27. The number of benzene rings is 2. The first-order chi connectivity index (χ1) is 27.2. The van der Waals surface area contributed by atoms with E-state index < -0.39 is 74.3 Å². The molecule has 14 nitrogen and oxygen atoms in total. The number of rotatable bonds is 8. The van der Waals surface area contributed by atoms with Gasteiger partial charge < -0.3 is 29.7 Å². The van der Waals surface area contributed by atoms with Crippen LogP contribution in [0.3, 0.4) is 0 Å². The van der Waals surface area contributed by atoms with Gasteiger partial charge in [0.2, 0.25) is 27.7 Å². The summed E-state index contributed by atoms with van der Waals surface area (Å²) in [5.74, 6) is -0.561. The molecule has 16 heteroatoms. The molecule has 3 fully saturated rings. The highest BCUT2D eigenvalue weighted by molar-refractivity contribution is 7.99. The molecule has 4 amide bonds. The number of nitrogens with zero attached hydrogens (tertiary/aromatic N) is 2. The molecule has 0 bridgehead atoms. The summed E-state index contributed by atoms with van der Waals surface area (Å²) in [5, 5.41) is 6.49. The quantitative estimate of drug-likeness (QED) is 0.268. The molecule has 2 aromatic carbocycles. The highest BCUT2D eigenvalue weighted by atomic mass is 32.2. The molecule has 2 aliphatic carbocycles. The standard InChI is InChI=1S/C41H49N5O9S2/c1-40(2,3)55-39(50)43-33-24-56-18-10-6-9-13-27-22-41(27,38(49)45-57(51,52)30-15-16-30)44-35(47)34-21-29(23-46(34)37(33)48)54-36-31-17-14-28(53-4)19-26(31)20-32(42-36)25-11-7-5-8-12-25/h5,7-9,11-14,17,19-20,27,29-30,33-34H,6,10,15-16,18,21-24H2,1-4H3,(H,43,50)(H,44,47)(H,45,49)/b13-9-/t27-,29?,33+,34+,41-/m1/s1. The Balaban J connectivity index is 1.23. The lowest BCUT2D eigenvalue weighted by Gasteiger charge is -2.30. The van der Waals surface area contributed by atoms with Gasteiger partial charge in [0.25, 0.3) is 5.91 Å². The lowest BCUT2D eigenvalue weighted by atomic mass is 10.1. The maximum absolute atomic E-state index is 14.6. The number of fused-ring (bicyclic) bond motifs is 3. The van der Waals surface area contributed by atoms with Crippen molar-refractivity contribution in [3.8, 4) is 22.9 Å². The Kier molecular flexibility index (Phi) is 11.5. The summed E-state index contributed by atoms with van der Waals surface area (Å²) in [5.41, 5.74) is -0.839. The van der Waals surface area contributed by atoms with Gasteiger partial charge in [-0.05, 0) is 88.3 Å². The number of allylic oxidation sites excluding steroid dienone is 1. The van der Waals surface area contributed by atoms with Crippen LogP contribution in [0.1, 0.15) is 59.3 Å².